The summed E-state index contributed by atoms with van der Waals surface area (Å²) in [7, 11) is 1.83. The van der Waals surface area contributed by atoms with Crippen molar-refractivity contribution in [2.45, 2.75) is 51.7 Å². The van der Waals surface area contributed by atoms with E-state index in [2.05, 4.69) is 34.4 Å². The predicted octanol–water partition coefficient (Wildman–Crippen LogP) is 2.07. The summed E-state index contributed by atoms with van der Waals surface area (Å²) in [6, 6.07) is 0.676. The maximum atomic E-state index is 5.96. The van der Waals surface area contributed by atoms with E-state index in [0.29, 0.717) is 6.04 Å². The monoisotopic (exact) mass is 424 g/mol. The second kappa shape index (κ2) is 10.6. The van der Waals surface area contributed by atoms with Gasteiger partial charge in [-0.3, -0.25) is 9.89 Å². The minimum Gasteiger partial charge on any atom is -0.373 e. The van der Waals surface area contributed by atoms with Gasteiger partial charge in [-0.2, -0.15) is 0 Å². The summed E-state index contributed by atoms with van der Waals surface area (Å²) in [5.74, 6) is 1.66. The van der Waals surface area contributed by atoms with Gasteiger partial charge in [-0.1, -0.05) is 13.8 Å². The van der Waals surface area contributed by atoms with Crippen LogP contribution in [0.2, 0.25) is 0 Å². The number of halogens is 1. The summed E-state index contributed by atoms with van der Waals surface area (Å²) in [6.07, 6.45) is 5.36. The second-order valence-electron chi connectivity index (χ2n) is 6.66. The molecule has 2 fully saturated rings. The molecular weight excluding hydrogens is 391 g/mol. The number of hydrogen-bond acceptors (Lipinski definition) is 3. The van der Waals surface area contributed by atoms with Crippen LogP contribution in [0.5, 0.6) is 0 Å². The van der Waals surface area contributed by atoms with Crippen LogP contribution in [0.1, 0.15) is 39.5 Å². The summed E-state index contributed by atoms with van der Waals surface area (Å²) >= 11 is 0. The molecule has 0 aromatic carbocycles. The van der Waals surface area contributed by atoms with Gasteiger partial charge in [0.05, 0.1) is 12.7 Å². The second-order valence-corrected chi connectivity index (χ2v) is 6.66. The Kier molecular flexibility index (Phi) is 9.66. The molecular formula is C16H33IN4O. The topological polar surface area (TPSA) is 48.9 Å². The molecule has 2 aliphatic heterocycles. The Morgan fingerprint density at radius 2 is 2.18 bits per heavy atom. The average Bonchev–Trinajstić information content (AvgIpc) is 2.93. The lowest BCUT2D eigenvalue weighted by Gasteiger charge is -2.35. The van der Waals surface area contributed by atoms with Gasteiger partial charge in [0.15, 0.2) is 5.96 Å². The molecule has 0 amide bonds. The van der Waals surface area contributed by atoms with E-state index in [4.69, 9.17) is 4.74 Å². The molecule has 0 aromatic rings. The molecule has 0 radical (unpaired) electrons. The zero-order valence-corrected chi connectivity index (χ0v) is 16.6. The summed E-state index contributed by atoms with van der Waals surface area (Å²) in [5.41, 5.74) is 0. The first kappa shape index (κ1) is 20.0. The first-order chi connectivity index (χ1) is 10.2. The highest BCUT2D eigenvalue weighted by Crippen LogP contribution is 2.22. The van der Waals surface area contributed by atoms with Crippen LogP contribution in [0, 0.1) is 5.92 Å². The molecule has 0 aromatic heterocycles. The summed E-state index contributed by atoms with van der Waals surface area (Å²) in [6.45, 7) is 9.55. The van der Waals surface area contributed by atoms with Gasteiger partial charge in [0.25, 0.3) is 0 Å². The van der Waals surface area contributed by atoms with Crippen molar-refractivity contribution in [2.75, 3.05) is 39.8 Å². The first-order valence-electron chi connectivity index (χ1n) is 8.49. The molecule has 130 valence electrons. The van der Waals surface area contributed by atoms with Crippen LogP contribution < -0.4 is 10.6 Å². The number of rotatable bonds is 6. The number of hydrogen-bond donors (Lipinski definition) is 2. The Morgan fingerprint density at radius 1 is 1.36 bits per heavy atom. The Balaban J connectivity index is 0.00000242. The van der Waals surface area contributed by atoms with Gasteiger partial charge in [0, 0.05) is 32.7 Å². The maximum Gasteiger partial charge on any atom is 0.191 e. The Bertz CT molecular complexity index is 338. The molecule has 22 heavy (non-hydrogen) atoms. The van der Waals surface area contributed by atoms with Crippen molar-refractivity contribution in [3.05, 3.63) is 0 Å². The van der Waals surface area contributed by atoms with E-state index in [9.17, 15) is 0 Å². The number of morpholine rings is 1. The first-order valence-corrected chi connectivity index (χ1v) is 8.49. The summed E-state index contributed by atoms with van der Waals surface area (Å²) in [5, 5.41) is 6.77. The zero-order valence-electron chi connectivity index (χ0n) is 14.3. The number of fused-ring (bicyclic) bond motifs is 1. The lowest BCUT2D eigenvalue weighted by atomic mass is 10.1. The molecule has 0 saturated carbocycles. The average molecular weight is 424 g/mol. The van der Waals surface area contributed by atoms with Gasteiger partial charge < -0.3 is 15.4 Å². The Morgan fingerprint density at radius 3 is 2.91 bits per heavy atom. The van der Waals surface area contributed by atoms with Crippen LogP contribution in [-0.4, -0.2) is 62.8 Å². The van der Waals surface area contributed by atoms with Gasteiger partial charge in [-0.25, -0.2) is 0 Å². The third-order valence-corrected chi connectivity index (χ3v) is 4.43. The third kappa shape index (κ3) is 6.58. The Hall–Kier alpha value is -0.0800. The minimum absolute atomic E-state index is 0. The quantitative estimate of drug-likeness (QED) is 0.297. The molecule has 2 rings (SSSR count). The highest BCUT2D eigenvalue weighted by atomic mass is 127. The van der Waals surface area contributed by atoms with E-state index < -0.39 is 0 Å². The third-order valence-electron chi connectivity index (χ3n) is 4.43. The SMILES string of the molecule is CN=C(NCCCC(C)C)NCC1CN2CCCC2CO1.I. The van der Waals surface area contributed by atoms with Crippen molar-refractivity contribution in [3.8, 4) is 0 Å². The smallest absolute Gasteiger partial charge is 0.191 e. The van der Waals surface area contributed by atoms with Crippen LogP contribution in [-0.2, 0) is 4.74 Å². The van der Waals surface area contributed by atoms with Crippen LogP contribution in [0.15, 0.2) is 4.99 Å². The van der Waals surface area contributed by atoms with Crippen molar-refractivity contribution >= 4 is 29.9 Å². The van der Waals surface area contributed by atoms with Crippen LogP contribution >= 0.6 is 24.0 Å². The largest absolute Gasteiger partial charge is 0.373 e. The van der Waals surface area contributed by atoms with Gasteiger partial charge in [0.2, 0.25) is 0 Å². The fourth-order valence-electron chi connectivity index (χ4n) is 3.16. The fourth-order valence-corrected chi connectivity index (χ4v) is 3.16. The molecule has 0 spiro atoms. The number of aliphatic imine (C=N–C) groups is 1. The fraction of sp³-hybridized carbons (Fsp3) is 0.938. The van der Waals surface area contributed by atoms with Crippen molar-refractivity contribution in [2.24, 2.45) is 10.9 Å². The number of guanidine groups is 1. The lowest BCUT2D eigenvalue weighted by Crippen LogP contribution is -2.51. The van der Waals surface area contributed by atoms with Gasteiger partial charge in [-0.05, 0) is 38.1 Å². The van der Waals surface area contributed by atoms with E-state index in [1.54, 1.807) is 0 Å². The maximum absolute atomic E-state index is 5.96. The standard InChI is InChI=1S/C16H32N4O.HI/c1-13(2)6-4-8-18-16(17-3)19-10-15-11-20-9-5-7-14(20)12-21-15;/h13-15H,4-12H2,1-3H3,(H2,17,18,19);1H. The van der Waals surface area contributed by atoms with Gasteiger partial charge in [-0.15, -0.1) is 24.0 Å². The van der Waals surface area contributed by atoms with Crippen molar-refractivity contribution in [1.29, 1.82) is 0 Å². The van der Waals surface area contributed by atoms with Gasteiger partial charge >= 0.3 is 0 Å². The molecule has 2 saturated heterocycles. The Labute approximate surface area is 152 Å². The number of ether oxygens (including phenoxy) is 1. The van der Waals surface area contributed by atoms with Crippen molar-refractivity contribution in [1.82, 2.24) is 15.5 Å². The van der Waals surface area contributed by atoms with Crippen molar-refractivity contribution < 1.29 is 4.74 Å². The number of nitrogens with one attached hydrogen (secondary N) is 2. The molecule has 2 atom stereocenters. The van der Waals surface area contributed by atoms with Gasteiger partial charge in [0.1, 0.15) is 0 Å². The molecule has 5 nitrogen and oxygen atoms in total. The summed E-state index contributed by atoms with van der Waals surface area (Å²) in [4.78, 5) is 6.86. The highest BCUT2D eigenvalue weighted by molar-refractivity contribution is 14.0. The van der Waals surface area contributed by atoms with Crippen LogP contribution in [0.3, 0.4) is 0 Å². The molecule has 2 unspecified atom stereocenters. The highest BCUT2D eigenvalue weighted by Gasteiger charge is 2.31. The lowest BCUT2D eigenvalue weighted by molar-refractivity contribution is -0.0453. The van der Waals surface area contributed by atoms with Crippen LogP contribution in [0.25, 0.3) is 0 Å². The van der Waals surface area contributed by atoms with E-state index >= 15 is 0 Å². The minimum atomic E-state index is 0. The van der Waals surface area contributed by atoms with E-state index in [-0.39, 0.29) is 30.1 Å². The predicted molar refractivity (Wildman–Crippen MR) is 103 cm³/mol. The molecule has 6 heteroatoms. The zero-order chi connectivity index (χ0) is 15.1. The molecule has 2 N–H and O–H groups in total. The van der Waals surface area contributed by atoms with Crippen molar-refractivity contribution in [3.63, 3.8) is 0 Å². The molecule has 0 bridgehead atoms. The van der Waals surface area contributed by atoms with Crippen LogP contribution in [0.4, 0.5) is 0 Å². The molecule has 0 aliphatic carbocycles. The normalized spacial score (nSPS) is 25.7. The van der Waals surface area contributed by atoms with E-state index in [1.807, 2.05) is 7.05 Å². The molecule has 2 aliphatic rings. The van der Waals surface area contributed by atoms with E-state index in [1.165, 1.54) is 32.2 Å². The number of nitrogens with zero attached hydrogens (tertiary/aromatic N) is 2. The van der Waals surface area contributed by atoms with E-state index in [0.717, 1.165) is 38.1 Å². The summed E-state index contributed by atoms with van der Waals surface area (Å²) < 4.78 is 5.96. The molecule has 2 heterocycles.